The average Bonchev–Trinajstić information content (AvgIpc) is 2.40. The SMILES string of the molecule is Cc1ccc(Br)cc1OCc1cccc(C(N)=S)c1. The minimum atomic E-state index is 0.403. The Morgan fingerprint density at radius 1 is 1.26 bits per heavy atom. The Morgan fingerprint density at radius 2 is 2.05 bits per heavy atom. The first-order valence-corrected chi connectivity index (χ1v) is 7.04. The van der Waals surface area contributed by atoms with Crippen LogP contribution in [0.4, 0.5) is 0 Å². The van der Waals surface area contributed by atoms with Gasteiger partial charge in [-0.25, -0.2) is 0 Å². The van der Waals surface area contributed by atoms with E-state index in [-0.39, 0.29) is 0 Å². The molecule has 0 aliphatic rings. The summed E-state index contributed by atoms with van der Waals surface area (Å²) in [6, 6.07) is 13.8. The van der Waals surface area contributed by atoms with Gasteiger partial charge in [-0.15, -0.1) is 0 Å². The van der Waals surface area contributed by atoms with Crippen molar-refractivity contribution >= 4 is 33.1 Å². The van der Waals surface area contributed by atoms with Crippen LogP contribution in [0, 0.1) is 6.92 Å². The number of nitrogens with two attached hydrogens (primary N) is 1. The maximum Gasteiger partial charge on any atom is 0.123 e. The third kappa shape index (κ3) is 3.78. The number of benzene rings is 2. The molecule has 0 saturated carbocycles. The van der Waals surface area contributed by atoms with Crippen molar-refractivity contribution in [2.75, 3.05) is 0 Å². The summed E-state index contributed by atoms with van der Waals surface area (Å²) in [6.07, 6.45) is 0. The Labute approximate surface area is 126 Å². The molecule has 0 aliphatic carbocycles. The van der Waals surface area contributed by atoms with E-state index >= 15 is 0 Å². The van der Waals surface area contributed by atoms with E-state index in [1.54, 1.807) is 0 Å². The molecule has 0 aliphatic heterocycles. The van der Waals surface area contributed by atoms with Gasteiger partial charge in [0.05, 0.1) is 0 Å². The van der Waals surface area contributed by atoms with E-state index < -0.39 is 0 Å². The molecule has 2 aromatic rings. The first-order chi connectivity index (χ1) is 9.06. The predicted molar refractivity (Wildman–Crippen MR) is 85.5 cm³/mol. The highest BCUT2D eigenvalue weighted by molar-refractivity contribution is 9.10. The van der Waals surface area contributed by atoms with Crippen molar-refractivity contribution in [1.82, 2.24) is 0 Å². The Hall–Kier alpha value is -1.39. The summed E-state index contributed by atoms with van der Waals surface area (Å²) in [5.74, 6) is 0.870. The van der Waals surface area contributed by atoms with Crippen LogP contribution in [0.15, 0.2) is 46.9 Å². The van der Waals surface area contributed by atoms with E-state index in [2.05, 4.69) is 15.9 Å². The van der Waals surface area contributed by atoms with Crippen LogP contribution >= 0.6 is 28.1 Å². The Morgan fingerprint density at radius 3 is 2.79 bits per heavy atom. The second kappa shape index (κ2) is 6.17. The molecule has 0 radical (unpaired) electrons. The molecule has 0 spiro atoms. The number of ether oxygens (including phenoxy) is 1. The summed E-state index contributed by atoms with van der Waals surface area (Å²) in [4.78, 5) is 0.403. The quantitative estimate of drug-likeness (QED) is 0.858. The minimum Gasteiger partial charge on any atom is -0.489 e. The van der Waals surface area contributed by atoms with Gasteiger partial charge in [0.15, 0.2) is 0 Å². The standard InChI is InChI=1S/C15H14BrNOS/c1-10-5-6-13(16)8-14(10)18-9-11-3-2-4-12(7-11)15(17)19/h2-8H,9H2,1H3,(H2,17,19). The number of halogens is 1. The van der Waals surface area contributed by atoms with Crippen LogP contribution < -0.4 is 10.5 Å². The van der Waals surface area contributed by atoms with Gasteiger partial charge in [-0.1, -0.05) is 52.4 Å². The van der Waals surface area contributed by atoms with Gasteiger partial charge in [0, 0.05) is 10.0 Å². The molecule has 98 valence electrons. The minimum absolute atomic E-state index is 0.403. The summed E-state index contributed by atoms with van der Waals surface area (Å²) < 4.78 is 6.83. The molecular weight excluding hydrogens is 322 g/mol. The van der Waals surface area contributed by atoms with Crippen molar-refractivity contribution in [2.24, 2.45) is 5.73 Å². The fraction of sp³-hybridized carbons (Fsp3) is 0.133. The van der Waals surface area contributed by atoms with Crippen LogP contribution in [0.1, 0.15) is 16.7 Å². The maximum atomic E-state index is 5.82. The lowest BCUT2D eigenvalue weighted by atomic mass is 10.1. The first kappa shape index (κ1) is 14.0. The summed E-state index contributed by atoms with van der Waals surface area (Å²) in [7, 11) is 0. The largest absolute Gasteiger partial charge is 0.489 e. The van der Waals surface area contributed by atoms with Crippen molar-refractivity contribution in [3.63, 3.8) is 0 Å². The summed E-state index contributed by atoms with van der Waals surface area (Å²) in [5, 5.41) is 0. The van der Waals surface area contributed by atoms with Gasteiger partial charge in [0.2, 0.25) is 0 Å². The highest BCUT2D eigenvalue weighted by Gasteiger charge is 2.03. The summed E-state index contributed by atoms with van der Waals surface area (Å²) in [6.45, 7) is 2.51. The monoisotopic (exact) mass is 335 g/mol. The topological polar surface area (TPSA) is 35.2 Å². The molecule has 0 unspecified atom stereocenters. The van der Waals surface area contributed by atoms with Crippen LogP contribution in [0.3, 0.4) is 0 Å². The summed E-state index contributed by atoms with van der Waals surface area (Å²) >= 11 is 8.41. The fourth-order valence-corrected chi connectivity index (χ4v) is 2.17. The number of thiocarbonyl (C=S) groups is 1. The van der Waals surface area contributed by atoms with Gasteiger partial charge in [0.1, 0.15) is 17.3 Å². The molecule has 2 aromatic carbocycles. The van der Waals surface area contributed by atoms with Gasteiger partial charge in [-0.2, -0.15) is 0 Å². The first-order valence-electron chi connectivity index (χ1n) is 5.84. The fourth-order valence-electron chi connectivity index (χ4n) is 1.70. The van der Waals surface area contributed by atoms with E-state index in [4.69, 9.17) is 22.7 Å². The van der Waals surface area contributed by atoms with E-state index in [1.165, 1.54) is 0 Å². The van der Waals surface area contributed by atoms with Gasteiger partial charge in [0.25, 0.3) is 0 Å². The molecule has 0 heterocycles. The van der Waals surface area contributed by atoms with Crippen molar-refractivity contribution in [2.45, 2.75) is 13.5 Å². The van der Waals surface area contributed by atoms with E-state index in [0.717, 1.165) is 26.9 Å². The van der Waals surface area contributed by atoms with Crippen molar-refractivity contribution in [3.8, 4) is 5.75 Å². The molecule has 19 heavy (non-hydrogen) atoms. The van der Waals surface area contributed by atoms with Crippen LogP contribution in [0.2, 0.25) is 0 Å². The zero-order valence-electron chi connectivity index (χ0n) is 10.5. The zero-order valence-corrected chi connectivity index (χ0v) is 12.9. The molecule has 0 fully saturated rings. The van der Waals surface area contributed by atoms with Gasteiger partial charge in [-0.05, 0) is 36.2 Å². The van der Waals surface area contributed by atoms with Crippen LogP contribution in [-0.4, -0.2) is 4.99 Å². The molecule has 0 amide bonds. The third-order valence-corrected chi connectivity index (χ3v) is 3.48. The molecule has 0 atom stereocenters. The maximum absolute atomic E-state index is 5.82. The number of hydrogen-bond donors (Lipinski definition) is 1. The molecule has 4 heteroatoms. The Bertz CT molecular complexity index is 613. The van der Waals surface area contributed by atoms with Crippen LogP contribution in [0.25, 0.3) is 0 Å². The van der Waals surface area contributed by atoms with E-state index in [1.807, 2.05) is 49.4 Å². The predicted octanol–water partition coefficient (Wildman–Crippen LogP) is 3.97. The van der Waals surface area contributed by atoms with Crippen molar-refractivity contribution in [1.29, 1.82) is 0 Å². The zero-order chi connectivity index (χ0) is 13.8. The number of rotatable bonds is 4. The Balaban J connectivity index is 2.12. The van der Waals surface area contributed by atoms with Crippen molar-refractivity contribution < 1.29 is 4.74 Å². The third-order valence-electron chi connectivity index (χ3n) is 2.76. The van der Waals surface area contributed by atoms with Gasteiger partial charge in [-0.3, -0.25) is 0 Å². The lowest BCUT2D eigenvalue weighted by molar-refractivity contribution is 0.304. The van der Waals surface area contributed by atoms with Gasteiger partial charge < -0.3 is 10.5 Å². The Kier molecular flexibility index (Phi) is 4.56. The molecule has 2 nitrogen and oxygen atoms in total. The van der Waals surface area contributed by atoms with E-state index in [9.17, 15) is 0 Å². The van der Waals surface area contributed by atoms with Gasteiger partial charge >= 0.3 is 0 Å². The summed E-state index contributed by atoms with van der Waals surface area (Å²) in [5.41, 5.74) is 8.63. The average molecular weight is 336 g/mol. The lowest BCUT2D eigenvalue weighted by Gasteiger charge is -2.10. The molecule has 0 aromatic heterocycles. The molecule has 0 bridgehead atoms. The molecule has 0 saturated heterocycles. The van der Waals surface area contributed by atoms with E-state index in [0.29, 0.717) is 11.6 Å². The molecule has 2 rings (SSSR count). The second-order valence-corrected chi connectivity index (χ2v) is 5.62. The number of hydrogen-bond acceptors (Lipinski definition) is 2. The normalized spacial score (nSPS) is 10.2. The highest BCUT2D eigenvalue weighted by atomic mass is 79.9. The lowest BCUT2D eigenvalue weighted by Crippen LogP contribution is -2.09. The highest BCUT2D eigenvalue weighted by Crippen LogP contribution is 2.23. The van der Waals surface area contributed by atoms with Crippen LogP contribution in [0.5, 0.6) is 5.75 Å². The smallest absolute Gasteiger partial charge is 0.123 e. The van der Waals surface area contributed by atoms with Crippen LogP contribution in [-0.2, 0) is 6.61 Å². The second-order valence-electron chi connectivity index (χ2n) is 4.26. The molecular formula is C15H14BrNOS. The molecule has 2 N–H and O–H groups in total. The number of aryl methyl sites for hydroxylation is 1. The van der Waals surface area contributed by atoms with Crippen molar-refractivity contribution in [3.05, 3.63) is 63.6 Å².